The minimum absolute atomic E-state index is 0.188. The molecule has 1 amide bonds. The number of nitrogens with one attached hydrogen (secondary N) is 1. The van der Waals surface area contributed by atoms with Crippen molar-refractivity contribution in [1.29, 1.82) is 0 Å². The number of nitrogens with zero attached hydrogens (tertiary/aromatic N) is 1. The van der Waals surface area contributed by atoms with Crippen molar-refractivity contribution >= 4 is 5.91 Å². The van der Waals surface area contributed by atoms with Gasteiger partial charge in [0, 0.05) is 5.69 Å². The van der Waals surface area contributed by atoms with Crippen LogP contribution in [0.25, 0.3) is 0 Å². The number of carbonyl (C=O) groups is 1. The van der Waals surface area contributed by atoms with Crippen LogP contribution in [-0.4, -0.2) is 22.5 Å². The summed E-state index contributed by atoms with van der Waals surface area (Å²) < 4.78 is 0. The van der Waals surface area contributed by atoms with Gasteiger partial charge >= 0.3 is 0 Å². The quantitative estimate of drug-likeness (QED) is 0.916. The summed E-state index contributed by atoms with van der Waals surface area (Å²) in [5.74, 6) is -0.188. The first-order valence-electron chi connectivity index (χ1n) is 8.03. The summed E-state index contributed by atoms with van der Waals surface area (Å²) in [6.45, 7) is 3.94. The Morgan fingerprint density at radius 2 is 2.04 bits per heavy atom. The lowest BCUT2D eigenvalue weighted by atomic mass is 9.79. The highest BCUT2D eigenvalue weighted by Crippen LogP contribution is 2.34. The van der Waals surface area contributed by atoms with Gasteiger partial charge < -0.3 is 10.4 Å². The van der Waals surface area contributed by atoms with Crippen molar-refractivity contribution in [2.45, 2.75) is 38.7 Å². The lowest BCUT2D eigenvalue weighted by Gasteiger charge is -2.34. The molecule has 1 aromatic heterocycles. The molecule has 120 valence electrons. The molecule has 0 radical (unpaired) electrons. The lowest BCUT2D eigenvalue weighted by Crippen LogP contribution is -2.43. The number of benzene rings is 1. The molecule has 1 aliphatic rings. The number of carbonyl (C=O) groups excluding carboxylic acids is 1. The lowest BCUT2D eigenvalue weighted by molar-refractivity contribution is 0.0189. The number of aliphatic hydroxyl groups is 1. The molecule has 0 fully saturated rings. The molecule has 2 N–H and O–H groups in total. The van der Waals surface area contributed by atoms with Crippen LogP contribution in [-0.2, 0) is 12.0 Å². The van der Waals surface area contributed by atoms with Gasteiger partial charge in [-0.2, -0.15) is 0 Å². The number of fused-ring (bicyclic) bond motifs is 1. The van der Waals surface area contributed by atoms with Gasteiger partial charge in [0.2, 0.25) is 0 Å². The van der Waals surface area contributed by atoms with E-state index in [4.69, 9.17) is 0 Å². The summed E-state index contributed by atoms with van der Waals surface area (Å²) in [6.07, 6.45) is 2.57. The first-order chi connectivity index (χ1) is 11.0. The van der Waals surface area contributed by atoms with Crippen molar-refractivity contribution in [2.75, 3.05) is 6.54 Å². The van der Waals surface area contributed by atoms with E-state index < -0.39 is 5.60 Å². The van der Waals surface area contributed by atoms with E-state index >= 15 is 0 Å². The Balaban J connectivity index is 1.77. The molecule has 0 bridgehead atoms. The number of amides is 1. The third kappa shape index (κ3) is 3.13. The highest BCUT2D eigenvalue weighted by Gasteiger charge is 2.34. The maximum atomic E-state index is 12.4. The molecule has 1 aromatic carbocycles. The maximum Gasteiger partial charge on any atom is 0.253 e. The number of aryl methyl sites for hydroxylation is 3. The monoisotopic (exact) mass is 310 g/mol. The number of pyridine rings is 1. The average molecular weight is 310 g/mol. The molecule has 4 heteroatoms. The number of rotatable bonds is 3. The Kier molecular flexibility index (Phi) is 4.18. The fourth-order valence-corrected chi connectivity index (χ4v) is 3.33. The average Bonchev–Trinajstić information content (AvgIpc) is 2.53. The third-order valence-corrected chi connectivity index (χ3v) is 4.57. The first-order valence-corrected chi connectivity index (χ1v) is 8.03. The van der Waals surface area contributed by atoms with E-state index in [9.17, 15) is 9.90 Å². The van der Waals surface area contributed by atoms with Crippen LogP contribution in [0.15, 0.2) is 36.4 Å². The molecule has 23 heavy (non-hydrogen) atoms. The van der Waals surface area contributed by atoms with Crippen LogP contribution < -0.4 is 5.32 Å². The minimum atomic E-state index is -0.990. The van der Waals surface area contributed by atoms with E-state index in [0.29, 0.717) is 17.7 Å². The molecule has 0 saturated carbocycles. The standard InChI is InChI=1S/C19H22N2O2/c1-13-9-10-16(14(2)21-13)18(22)20-12-19(23)11-5-7-15-6-3-4-8-17(15)19/h3-4,6,8-10,23H,5,7,11-12H2,1-2H3,(H,20,22). The van der Waals surface area contributed by atoms with E-state index in [1.807, 2.05) is 38.1 Å². The van der Waals surface area contributed by atoms with Gasteiger partial charge in [-0.1, -0.05) is 24.3 Å². The molecule has 0 saturated heterocycles. The zero-order chi connectivity index (χ0) is 16.4. The summed E-state index contributed by atoms with van der Waals surface area (Å²) >= 11 is 0. The van der Waals surface area contributed by atoms with Gasteiger partial charge in [0.15, 0.2) is 0 Å². The number of aromatic nitrogens is 1. The van der Waals surface area contributed by atoms with Crippen LogP contribution in [0.2, 0.25) is 0 Å². The molecule has 2 aromatic rings. The first kappa shape index (κ1) is 15.7. The van der Waals surface area contributed by atoms with Gasteiger partial charge in [-0.15, -0.1) is 0 Å². The highest BCUT2D eigenvalue weighted by atomic mass is 16.3. The normalized spacial score (nSPS) is 20.0. The van der Waals surface area contributed by atoms with E-state index in [0.717, 1.165) is 24.1 Å². The predicted octanol–water partition coefficient (Wildman–Crippen LogP) is 2.65. The fourth-order valence-electron chi connectivity index (χ4n) is 3.33. The SMILES string of the molecule is Cc1ccc(C(=O)NCC2(O)CCCc3ccccc32)c(C)n1. The van der Waals surface area contributed by atoms with Crippen LogP contribution >= 0.6 is 0 Å². The molecule has 4 nitrogen and oxygen atoms in total. The smallest absolute Gasteiger partial charge is 0.253 e. The van der Waals surface area contributed by atoms with E-state index in [2.05, 4.69) is 16.4 Å². The summed E-state index contributed by atoms with van der Waals surface area (Å²) in [7, 11) is 0. The number of hydrogen-bond acceptors (Lipinski definition) is 3. The Hall–Kier alpha value is -2.20. The Morgan fingerprint density at radius 3 is 2.83 bits per heavy atom. The van der Waals surface area contributed by atoms with Gasteiger partial charge in [0.25, 0.3) is 5.91 Å². The summed E-state index contributed by atoms with van der Waals surface area (Å²) in [5.41, 5.74) is 3.27. The molecular weight excluding hydrogens is 288 g/mol. The van der Waals surface area contributed by atoms with Gasteiger partial charge in [0.05, 0.1) is 17.8 Å². The van der Waals surface area contributed by atoms with Gasteiger partial charge in [-0.3, -0.25) is 9.78 Å². The van der Waals surface area contributed by atoms with Crippen molar-refractivity contribution in [1.82, 2.24) is 10.3 Å². The maximum absolute atomic E-state index is 12.4. The van der Waals surface area contributed by atoms with Crippen molar-refractivity contribution in [3.8, 4) is 0 Å². The van der Waals surface area contributed by atoms with E-state index in [1.165, 1.54) is 5.56 Å². The van der Waals surface area contributed by atoms with Crippen molar-refractivity contribution in [3.63, 3.8) is 0 Å². The Bertz CT molecular complexity index is 742. The highest BCUT2D eigenvalue weighted by molar-refractivity contribution is 5.95. The van der Waals surface area contributed by atoms with Crippen molar-refractivity contribution < 1.29 is 9.90 Å². The molecule has 1 heterocycles. The third-order valence-electron chi connectivity index (χ3n) is 4.57. The van der Waals surface area contributed by atoms with Crippen LogP contribution in [0.5, 0.6) is 0 Å². The van der Waals surface area contributed by atoms with Gasteiger partial charge in [-0.25, -0.2) is 0 Å². The van der Waals surface area contributed by atoms with Crippen LogP contribution in [0.1, 0.15) is 45.7 Å². The Morgan fingerprint density at radius 1 is 1.26 bits per heavy atom. The van der Waals surface area contributed by atoms with Crippen LogP contribution in [0.4, 0.5) is 0 Å². The molecule has 1 unspecified atom stereocenters. The van der Waals surface area contributed by atoms with Crippen LogP contribution in [0.3, 0.4) is 0 Å². The minimum Gasteiger partial charge on any atom is -0.383 e. The second-order valence-corrected chi connectivity index (χ2v) is 6.31. The van der Waals surface area contributed by atoms with Crippen molar-refractivity contribution in [2.24, 2.45) is 0 Å². The molecule has 0 aliphatic heterocycles. The largest absolute Gasteiger partial charge is 0.383 e. The summed E-state index contributed by atoms with van der Waals surface area (Å²) in [4.78, 5) is 16.7. The fraction of sp³-hybridized carbons (Fsp3) is 0.368. The summed E-state index contributed by atoms with van der Waals surface area (Å²) in [6, 6.07) is 11.5. The molecule has 1 atom stereocenters. The number of hydrogen-bond donors (Lipinski definition) is 2. The summed E-state index contributed by atoms with van der Waals surface area (Å²) in [5, 5.41) is 13.9. The van der Waals surface area contributed by atoms with E-state index in [1.54, 1.807) is 6.07 Å². The predicted molar refractivity (Wildman–Crippen MR) is 89.3 cm³/mol. The zero-order valence-electron chi connectivity index (χ0n) is 13.6. The van der Waals surface area contributed by atoms with Gasteiger partial charge in [0.1, 0.15) is 5.60 Å². The second kappa shape index (κ2) is 6.13. The second-order valence-electron chi connectivity index (χ2n) is 6.31. The van der Waals surface area contributed by atoms with Crippen molar-refractivity contribution in [3.05, 3.63) is 64.5 Å². The topological polar surface area (TPSA) is 62.2 Å². The van der Waals surface area contributed by atoms with Crippen LogP contribution in [0, 0.1) is 13.8 Å². The van der Waals surface area contributed by atoms with E-state index in [-0.39, 0.29) is 12.5 Å². The zero-order valence-corrected chi connectivity index (χ0v) is 13.6. The molecule has 3 rings (SSSR count). The Labute approximate surface area is 136 Å². The van der Waals surface area contributed by atoms with Gasteiger partial charge in [-0.05, 0) is 56.4 Å². The molecule has 1 aliphatic carbocycles. The molecular formula is C19H22N2O2. The molecule has 0 spiro atoms.